The lowest BCUT2D eigenvalue weighted by Gasteiger charge is -2.19. The summed E-state index contributed by atoms with van der Waals surface area (Å²) in [6.07, 6.45) is 3.12. The first kappa shape index (κ1) is 20.2. The summed E-state index contributed by atoms with van der Waals surface area (Å²) >= 11 is 0. The smallest absolute Gasteiger partial charge is 0.255 e. The van der Waals surface area contributed by atoms with Gasteiger partial charge in [0.15, 0.2) is 5.82 Å². The molecule has 0 aliphatic carbocycles. The number of aromatic nitrogens is 3. The van der Waals surface area contributed by atoms with Gasteiger partial charge in [0.25, 0.3) is 5.91 Å². The molecular weight excluding hydrogens is 404 g/mol. The largest absolute Gasteiger partial charge is 0.493 e. The fourth-order valence-electron chi connectivity index (χ4n) is 4.95. The molecule has 8 nitrogen and oxygen atoms in total. The Morgan fingerprint density at radius 1 is 1.09 bits per heavy atom. The number of fused-ring (bicyclic) bond motifs is 1. The van der Waals surface area contributed by atoms with Crippen molar-refractivity contribution in [2.45, 2.75) is 6.92 Å². The van der Waals surface area contributed by atoms with Crippen molar-refractivity contribution in [1.29, 1.82) is 5.26 Å². The van der Waals surface area contributed by atoms with Gasteiger partial charge in [0.05, 0.1) is 29.0 Å². The van der Waals surface area contributed by atoms with Crippen LogP contribution in [0.1, 0.15) is 21.5 Å². The Labute approximate surface area is 186 Å². The van der Waals surface area contributed by atoms with Crippen molar-refractivity contribution in [3.63, 3.8) is 0 Å². The third-order valence-electron chi connectivity index (χ3n) is 6.56. The highest BCUT2D eigenvalue weighted by Crippen LogP contribution is 2.33. The van der Waals surface area contributed by atoms with E-state index in [1.54, 1.807) is 42.7 Å². The number of aromatic hydroxyl groups is 1. The maximum atomic E-state index is 12.9. The number of aryl methyl sites for hydroxylation is 1. The minimum Gasteiger partial charge on any atom is -0.493 e. The SMILES string of the molecule is Cc1cc(C#N)ccc1-c1cnn(-c2ccc(C(=O)N3C[C@H]4CN(C)C[C@H]4C3)cn2)c1O. The van der Waals surface area contributed by atoms with E-state index in [0.29, 0.717) is 34.3 Å². The molecule has 1 amide bonds. The van der Waals surface area contributed by atoms with Crippen LogP contribution in [-0.4, -0.2) is 68.8 Å². The van der Waals surface area contributed by atoms with Gasteiger partial charge in [0, 0.05) is 32.4 Å². The van der Waals surface area contributed by atoms with Crippen molar-refractivity contribution in [3.8, 4) is 28.9 Å². The first-order chi connectivity index (χ1) is 15.4. The number of likely N-dealkylation sites (tertiary alicyclic amines) is 2. The summed E-state index contributed by atoms with van der Waals surface area (Å²) < 4.78 is 1.34. The number of carbonyl (C=O) groups is 1. The summed E-state index contributed by atoms with van der Waals surface area (Å²) in [6, 6.07) is 10.8. The first-order valence-corrected chi connectivity index (χ1v) is 10.7. The Morgan fingerprint density at radius 2 is 1.84 bits per heavy atom. The zero-order valence-corrected chi connectivity index (χ0v) is 18.1. The van der Waals surface area contributed by atoms with E-state index in [9.17, 15) is 9.90 Å². The molecule has 0 spiro atoms. The molecule has 32 heavy (non-hydrogen) atoms. The molecule has 2 aliphatic rings. The third kappa shape index (κ3) is 3.41. The van der Waals surface area contributed by atoms with Crippen LogP contribution < -0.4 is 0 Å². The highest BCUT2D eigenvalue weighted by Gasteiger charge is 2.40. The van der Waals surface area contributed by atoms with E-state index in [2.05, 4.69) is 28.1 Å². The molecule has 8 heteroatoms. The van der Waals surface area contributed by atoms with Crippen LogP contribution in [0.2, 0.25) is 0 Å². The molecule has 2 saturated heterocycles. The van der Waals surface area contributed by atoms with Crippen molar-refractivity contribution in [2.75, 3.05) is 33.2 Å². The predicted molar refractivity (Wildman–Crippen MR) is 118 cm³/mol. The van der Waals surface area contributed by atoms with E-state index in [1.807, 2.05) is 11.8 Å². The molecule has 0 bridgehead atoms. The Hall–Kier alpha value is -3.70. The number of hydrogen-bond donors (Lipinski definition) is 1. The minimum atomic E-state index is -0.0409. The molecule has 1 N–H and O–H groups in total. The maximum Gasteiger partial charge on any atom is 0.255 e. The van der Waals surface area contributed by atoms with Crippen molar-refractivity contribution >= 4 is 5.91 Å². The van der Waals surface area contributed by atoms with Gasteiger partial charge in [-0.3, -0.25) is 4.79 Å². The lowest BCUT2D eigenvalue weighted by atomic mass is 10.0. The maximum absolute atomic E-state index is 12.9. The lowest BCUT2D eigenvalue weighted by molar-refractivity contribution is 0.0775. The quantitative estimate of drug-likeness (QED) is 0.688. The number of amides is 1. The molecule has 5 rings (SSSR count). The fourth-order valence-corrected chi connectivity index (χ4v) is 4.95. The van der Waals surface area contributed by atoms with Crippen LogP contribution in [0.15, 0.2) is 42.7 Å². The number of nitrogens with zero attached hydrogens (tertiary/aromatic N) is 6. The molecule has 0 unspecified atom stereocenters. The Morgan fingerprint density at radius 3 is 2.47 bits per heavy atom. The summed E-state index contributed by atoms with van der Waals surface area (Å²) in [5.74, 6) is 1.50. The van der Waals surface area contributed by atoms with Gasteiger partial charge in [-0.2, -0.15) is 15.0 Å². The van der Waals surface area contributed by atoms with E-state index in [4.69, 9.17) is 5.26 Å². The van der Waals surface area contributed by atoms with Crippen LogP contribution in [0, 0.1) is 30.1 Å². The van der Waals surface area contributed by atoms with Crippen molar-refractivity contribution in [1.82, 2.24) is 24.6 Å². The van der Waals surface area contributed by atoms with Gasteiger partial charge in [-0.15, -0.1) is 0 Å². The van der Waals surface area contributed by atoms with E-state index in [-0.39, 0.29) is 11.8 Å². The van der Waals surface area contributed by atoms with Gasteiger partial charge in [0.2, 0.25) is 5.88 Å². The summed E-state index contributed by atoms with van der Waals surface area (Å²) in [6.45, 7) is 5.57. The van der Waals surface area contributed by atoms with Gasteiger partial charge in [-0.1, -0.05) is 6.07 Å². The summed E-state index contributed by atoms with van der Waals surface area (Å²) in [5.41, 5.74) is 3.33. The van der Waals surface area contributed by atoms with Crippen molar-refractivity contribution in [3.05, 3.63) is 59.4 Å². The van der Waals surface area contributed by atoms with Gasteiger partial charge in [-0.25, -0.2) is 4.98 Å². The summed E-state index contributed by atoms with van der Waals surface area (Å²) in [7, 11) is 2.13. The Bertz CT molecular complexity index is 1210. The van der Waals surface area contributed by atoms with Crippen molar-refractivity contribution in [2.24, 2.45) is 11.8 Å². The zero-order chi connectivity index (χ0) is 22.4. The molecule has 0 saturated carbocycles. The number of pyridine rings is 1. The molecule has 3 aromatic rings. The topological polar surface area (TPSA) is 98.3 Å². The Kier molecular flexibility index (Phi) is 4.91. The van der Waals surface area contributed by atoms with Gasteiger partial charge in [0.1, 0.15) is 0 Å². The number of nitriles is 1. The van der Waals surface area contributed by atoms with Gasteiger partial charge < -0.3 is 14.9 Å². The Balaban J connectivity index is 1.35. The standard InChI is InChI=1S/C24H24N6O2/c1-15-7-16(8-25)3-5-20(15)21-10-27-30(24(21)32)22-6-4-17(9-26-22)23(31)29-13-18-11-28(2)12-19(18)14-29/h3-7,9-10,18-19,32H,11-14H2,1-2H3/t18-,19+. The van der Waals surface area contributed by atoms with Crippen LogP contribution >= 0.6 is 0 Å². The molecule has 2 aliphatic heterocycles. The van der Waals surface area contributed by atoms with Crippen LogP contribution in [0.4, 0.5) is 0 Å². The average molecular weight is 428 g/mol. The van der Waals surface area contributed by atoms with E-state index in [0.717, 1.165) is 37.3 Å². The van der Waals surface area contributed by atoms with Gasteiger partial charge >= 0.3 is 0 Å². The number of hydrogen-bond acceptors (Lipinski definition) is 6. The van der Waals surface area contributed by atoms with Crippen LogP contribution in [0.25, 0.3) is 16.9 Å². The second kappa shape index (κ2) is 7.77. The van der Waals surface area contributed by atoms with Crippen LogP contribution in [0.3, 0.4) is 0 Å². The minimum absolute atomic E-state index is 0.000290. The lowest BCUT2D eigenvalue weighted by Crippen LogP contribution is -2.32. The molecule has 0 radical (unpaired) electrons. The number of benzene rings is 1. The molecule has 2 fully saturated rings. The molecule has 162 valence electrons. The molecular formula is C24H24N6O2. The first-order valence-electron chi connectivity index (χ1n) is 10.7. The molecule has 4 heterocycles. The van der Waals surface area contributed by atoms with Crippen molar-refractivity contribution < 1.29 is 9.90 Å². The normalized spacial score (nSPS) is 20.3. The van der Waals surface area contributed by atoms with Gasteiger partial charge in [-0.05, 0) is 61.2 Å². The second-order valence-corrected chi connectivity index (χ2v) is 8.79. The molecule has 1 aromatic carbocycles. The highest BCUT2D eigenvalue weighted by molar-refractivity contribution is 5.94. The van der Waals surface area contributed by atoms with Crippen LogP contribution in [-0.2, 0) is 0 Å². The van der Waals surface area contributed by atoms with E-state index >= 15 is 0 Å². The van der Waals surface area contributed by atoms with Crippen LogP contribution in [0.5, 0.6) is 5.88 Å². The summed E-state index contributed by atoms with van der Waals surface area (Å²) in [5, 5.41) is 24.1. The molecule has 2 atom stereocenters. The van der Waals surface area contributed by atoms with E-state index < -0.39 is 0 Å². The average Bonchev–Trinajstić information content (AvgIpc) is 3.46. The monoisotopic (exact) mass is 428 g/mol. The number of carbonyl (C=O) groups excluding carboxylic acids is 1. The zero-order valence-electron chi connectivity index (χ0n) is 18.1. The predicted octanol–water partition coefficient (Wildman–Crippen LogP) is 2.45. The number of rotatable bonds is 3. The fraction of sp³-hybridized carbons (Fsp3) is 0.333. The van der Waals surface area contributed by atoms with E-state index in [1.165, 1.54) is 4.68 Å². The second-order valence-electron chi connectivity index (χ2n) is 8.79. The summed E-state index contributed by atoms with van der Waals surface area (Å²) in [4.78, 5) is 21.6. The molecule has 2 aromatic heterocycles. The highest BCUT2D eigenvalue weighted by atomic mass is 16.3. The third-order valence-corrected chi connectivity index (χ3v) is 6.56.